The van der Waals surface area contributed by atoms with Crippen molar-refractivity contribution in [2.75, 3.05) is 6.54 Å². The largest absolute Gasteiger partial charge is 0.215 e. The molecular weight excluding hydrogens is 337 g/mol. The predicted molar refractivity (Wildman–Crippen MR) is 89.4 cm³/mol. The Hall–Kier alpha value is -1.43. The molecule has 2 aromatic carbocycles. The van der Waals surface area contributed by atoms with Crippen LogP contribution in [0, 0.1) is 5.82 Å². The van der Waals surface area contributed by atoms with Crippen molar-refractivity contribution >= 4 is 21.6 Å². The van der Waals surface area contributed by atoms with E-state index in [4.69, 9.17) is 11.6 Å². The summed E-state index contributed by atoms with van der Waals surface area (Å²) in [5.74, 6) is -0.435. The van der Waals surface area contributed by atoms with Gasteiger partial charge in [-0.15, -0.1) is 0 Å². The second-order valence-electron chi connectivity index (χ2n) is 5.96. The van der Waals surface area contributed by atoms with Gasteiger partial charge in [0.05, 0.1) is 5.75 Å². The Morgan fingerprint density at radius 2 is 1.74 bits per heavy atom. The van der Waals surface area contributed by atoms with Crippen molar-refractivity contribution in [3.8, 4) is 0 Å². The molecule has 1 aliphatic rings. The average molecular weight is 354 g/mol. The van der Waals surface area contributed by atoms with Gasteiger partial charge in [-0.25, -0.2) is 17.5 Å². The highest BCUT2D eigenvalue weighted by atomic mass is 35.5. The molecule has 2 aromatic rings. The summed E-state index contributed by atoms with van der Waals surface area (Å²) in [6.07, 6.45) is 1.79. The van der Waals surface area contributed by atoms with Crippen LogP contribution in [-0.4, -0.2) is 15.0 Å². The molecule has 1 N–H and O–H groups in total. The topological polar surface area (TPSA) is 46.2 Å². The molecule has 0 aromatic heterocycles. The van der Waals surface area contributed by atoms with Crippen LogP contribution in [0.2, 0.25) is 5.02 Å². The second-order valence-corrected chi connectivity index (χ2v) is 8.17. The molecule has 1 fully saturated rings. The van der Waals surface area contributed by atoms with Crippen LogP contribution in [0.5, 0.6) is 0 Å². The summed E-state index contributed by atoms with van der Waals surface area (Å²) in [7, 11) is -3.48. The lowest BCUT2D eigenvalue weighted by atomic mass is 9.96. The van der Waals surface area contributed by atoms with Crippen LogP contribution in [0.4, 0.5) is 4.39 Å². The zero-order valence-corrected chi connectivity index (χ0v) is 14.0. The number of nitrogens with one attached hydrogen (secondary N) is 1. The molecule has 0 atom stereocenters. The van der Waals surface area contributed by atoms with Crippen molar-refractivity contribution in [2.24, 2.45) is 0 Å². The molecule has 3 nitrogen and oxygen atoms in total. The van der Waals surface area contributed by atoms with Gasteiger partial charge in [-0.1, -0.05) is 41.9 Å². The van der Waals surface area contributed by atoms with Gasteiger partial charge in [-0.2, -0.15) is 0 Å². The molecule has 3 rings (SSSR count). The second kappa shape index (κ2) is 6.23. The van der Waals surface area contributed by atoms with Gasteiger partial charge >= 0.3 is 0 Å². The first-order valence-corrected chi connectivity index (χ1v) is 9.40. The average Bonchev–Trinajstić information content (AvgIpc) is 3.30. The van der Waals surface area contributed by atoms with E-state index in [1.165, 1.54) is 12.1 Å². The van der Waals surface area contributed by atoms with E-state index in [2.05, 4.69) is 4.72 Å². The summed E-state index contributed by atoms with van der Waals surface area (Å²) in [5, 5.41) is 0.442. The maximum Gasteiger partial charge on any atom is 0.215 e. The van der Waals surface area contributed by atoms with Gasteiger partial charge in [-0.05, 0) is 42.2 Å². The van der Waals surface area contributed by atoms with Gasteiger partial charge in [0.2, 0.25) is 10.0 Å². The zero-order valence-electron chi connectivity index (χ0n) is 12.4. The Labute approximate surface area is 140 Å². The Kier molecular flexibility index (Phi) is 4.45. The van der Waals surface area contributed by atoms with Gasteiger partial charge in [0.15, 0.2) is 0 Å². The van der Waals surface area contributed by atoms with Gasteiger partial charge in [0.1, 0.15) is 5.82 Å². The van der Waals surface area contributed by atoms with Crippen LogP contribution in [0.3, 0.4) is 0 Å². The monoisotopic (exact) mass is 353 g/mol. The van der Waals surface area contributed by atoms with Crippen molar-refractivity contribution in [3.63, 3.8) is 0 Å². The third kappa shape index (κ3) is 3.91. The smallest absolute Gasteiger partial charge is 0.214 e. The molecule has 0 radical (unpaired) electrons. The Bertz CT molecular complexity index is 802. The standard InChI is InChI=1S/C17H17ClFNO2S/c18-16-4-2-1-3-13(16)11-23(21,22)20-12-17(9-10-17)14-5-7-15(19)8-6-14/h1-8,20H,9-12H2. The first kappa shape index (κ1) is 16.4. The predicted octanol–water partition coefficient (Wildman–Crippen LogP) is 3.63. The minimum Gasteiger partial charge on any atom is -0.214 e. The highest BCUT2D eigenvalue weighted by Crippen LogP contribution is 2.47. The Balaban J connectivity index is 1.67. The normalized spacial score (nSPS) is 16.3. The van der Waals surface area contributed by atoms with Crippen molar-refractivity contribution in [1.29, 1.82) is 0 Å². The molecular formula is C17H17ClFNO2S. The van der Waals surface area contributed by atoms with Crippen LogP contribution in [0.15, 0.2) is 48.5 Å². The van der Waals surface area contributed by atoms with Gasteiger partial charge in [0.25, 0.3) is 0 Å². The van der Waals surface area contributed by atoms with E-state index in [1.54, 1.807) is 36.4 Å². The SMILES string of the molecule is O=S(=O)(Cc1ccccc1Cl)NCC1(c2ccc(F)cc2)CC1. The van der Waals surface area contributed by atoms with Gasteiger partial charge in [-0.3, -0.25) is 0 Å². The van der Waals surface area contributed by atoms with E-state index in [0.29, 0.717) is 17.1 Å². The van der Waals surface area contributed by atoms with Gasteiger partial charge < -0.3 is 0 Å². The third-order valence-electron chi connectivity index (χ3n) is 4.24. The molecule has 6 heteroatoms. The first-order valence-electron chi connectivity index (χ1n) is 7.37. The quantitative estimate of drug-likeness (QED) is 0.862. The molecule has 1 saturated carbocycles. The molecule has 0 spiro atoms. The lowest BCUT2D eigenvalue weighted by Crippen LogP contribution is -2.33. The molecule has 122 valence electrons. The van der Waals surface area contributed by atoms with Crippen LogP contribution in [0.25, 0.3) is 0 Å². The van der Waals surface area contributed by atoms with Gasteiger partial charge in [0, 0.05) is 17.0 Å². The van der Waals surface area contributed by atoms with E-state index in [0.717, 1.165) is 18.4 Å². The summed E-state index contributed by atoms with van der Waals surface area (Å²) in [4.78, 5) is 0. The fourth-order valence-corrected chi connectivity index (χ4v) is 4.18. The number of halogens is 2. The lowest BCUT2D eigenvalue weighted by molar-refractivity contribution is 0.565. The summed E-state index contributed by atoms with van der Waals surface area (Å²) < 4.78 is 40.3. The van der Waals surface area contributed by atoms with Crippen molar-refractivity contribution in [2.45, 2.75) is 24.0 Å². The Morgan fingerprint density at radius 1 is 1.09 bits per heavy atom. The number of hydrogen-bond donors (Lipinski definition) is 1. The lowest BCUT2D eigenvalue weighted by Gasteiger charge is -2.17. The van der Waals surface area contributed by atoms with Crippen LogP contribution < -0.4 is 4.72 Å². The molecule has 1 aliphatic carbocycles. The van der Waals surface area contributed by atoms with E-state index in [-0.39, 0.29) is 17.0 Å². The maximum atomic E-state index is 13.0. The molecule has 0 heterocycles. The maximum absolute atomic E-state index is 13.0. The first-order chi connectivity index (χ1) is 10.9. The number of benzene rings is 2. The van der Waals surface area contributed by atoms with Crippen molar-refractivity contribution < 1.29 is 12.8 Å². The fourth-order valence-electron chi connectivity index (χ4n) is 2.64. The van der Waals surface area contributed by atoms with Crippen LogP contribution >= 0.6 is 11.6 Å². The highest BCUT2D eigenvalue weighted by Gasteiger charge is 2.44. The Morgan fingerprint density at radius 3 is 2.35 bits per heavy atom. The summed E-state index contributed by atoms with van der Waals surface area (Å²) in [6.45, 7) is 0.325. The van der Waals surface area contributed by atoms with Crippen LogP contribution in [-0.2, 0) is 21.2 Å². The summed E-state index contributed by atoms with van der Waals surface area (Å²) >= 11 is 6.02. The molecule has 0 amide bonds. The zero-order chi connectivity index (χ0) is 16.5. The van der Waals surface area contributed by atoms with E-state index in [1.807, 2.05) is 0 Å². The van der Waals surface area contributed by atoms with Crippen LogP contribution in [0.1, 0.15) is 24.0 Å². The van der Waals surface area contributed by atoms with Crippen molar-refractivity contribution in [1.82, 2.24) is 4.72 Å². The number of hydrogen-bond acceptors (Lipinski definition) is 2. The fraction of sp³-hybridized carbons (Fsp3) is 0.294. The van der Waals surface area contributed by atoms with E-state index >= 15 is 0 Å². The van der Waals surface area contributed by atoms with E-state index < -0.39 is 10.0 Å². The molecule has 23 heavy (non-hydrogen) atoms. The third-order valence-corrected chi connectivity index (χ3v) is 5.89. The molecule has 0 aliphatic heterocycles. The minimum atomic E-state index is -3.48. The minimum absolute atomic E-state index is 0.147. The highest BCUT2D eigenvalue weighted by molar-refractivity contribution is 7.88. The van der Waals surface area contributed by atoms with E-state index in [9.17, 15) is 12.8 Å². The molecule has 0 saturated heterocycles. The number of sulfonamides is 1. The molecule has 0 bridgehead atoms. The number of rotatable bonds is 6. The summed E-state index contributed by atoms with van der Waals surface area (Å²) in [5.41, 5.74) is 1.34. The molecule has 0 unspecified atom stereocenters. The van der Waals surface area contributed by atoms with Crippen molar-refractivity contribution in [3.05, 3.63) is 70.5 Å². The summed E-state index contributed by atoms with van der Waals surface area (Å²) in [6, 6.07) is 13.2.